The van der Waals surface area contributed by atoms with Gasteiger partial charge in [-0.3, -0.25) is 14.6 Å². The van der Waals surface area contributed by atoms with Gasteiger partial charge in [0.2, 0.25) is 0 Å². The number of aromatic nitrogens is 3. The molecule has 21 heavy (non-hydrogen) atoms. The van der Waals surface area contributed by atoms with Crippen LogP contribution in [-0.4, -0.2) is 27.4 Å². The molecule has 2 heterocycles. The van der Waals surface area contributed by atoms with Crippen LogP contribution >= 0.6 is 0 Å². The number of hydrogen-bond donors (Lipinski definition) is 4. The first-order chi connectivity index (χ1) is 10.1. The fourth-order valence-corrected chi connectivity index (χ4v) is 1.49. The van der Waals surface area contributed by atoms with Gasteiger partial charge in [0.15, 0.2) is 0 Å². The van der Waals surface area contributed by atoms with E-state index in [9.17, 15) is 14.4 Å². The number of hydrogen-bond acceptors (Lipinski definition) is 5. The van der Waals surface area contributed by atoms with Gasteiger partial charge in [0.1, 0.15) is 11.4 Å². The Morgan fingerprint density at radius 1 is 1.43 bits per heavy atom. The quantitative estimate of drug-likeness (QED) is 0.526. The average molecular weight is 285 g/mol. The zero-order chi connectivity index (χ0) is 15.2. The van der Waals surface area contributed by atoms with E-state index in [1.807, 2.05) is 4.98 Å². The van der Waals surface area contributed by atoms with E-state index < -0.39 is 17.2 Å². The van der Waals surface area contributed by atoms with E-state index in [0.29, 0.717) is 5.56 Å². The number of carbonyl (C=O) groups is 1. The molecule has 8 heteroatoms. The maximum absolute atomic E-state index is 11.9. The van der Waals surface area contributed by atoms with Gasteiger partial charge in [0, 0.05) is 18.0 Å². The van der Waals surface area contributed by atoms with Crippen molar-refractivity contribution in [2.24, 2.45) is 5.73 Å². The molecule has 0 saturated carbocycles. The fourth-order valence-electron chi connectivity index (χ4n) is 1.49. The van der Waals surface area contributed by atoms with Crippen LogP contribution in [-0.2, 0) is 0 Å². The lowest BCUT2D eigenvalue weighted by Crippen LogP contribution is -2.29. The molecule has 5 N–H and O–H groups in total. The van der Waals surface area contributed by atoms with Crippen molar-refractivity contribution in [1.82, 2.24) is 15.0 Å². The average Bonchev–Trinajstić information content (AvgIpc) is 2.45. The molecule has 0 aliphatic rings. The molecule has 0 bridgehead atoms. The van der Waals surface area contributed by atoms with Crippen LogP contribution in [0.4, 0.5) is 5.82 Å². The smallest absolute Gasteiger partial charge is 0.320 e. The summed E-state index contributed by atoms with van der Waals surface area (Å²) in [5.41, 5.74) is 4.20. The summed E-state index contributed by atoms with van der Waals surface area (Å²) in [5.74, 6) is 5.01. The van der Waals surface area contributed by atoms with Gasteiger partial charge in [-0.1, -0.05) is 11.8 Å². The second-order valence-corrected chi connectivity index (χ2v) is 3.88. The lowest BCUT2D eigenvalue weighted by atomic mass is 10.2. The van der Waals surface area contributed by atoms with Crippen molar-refractivity contribution in [2.75, 3.05) is 11.9 Å². The summed E-state index contributed by atoms with van der Waals surface area (Å²) in [6, 6.07) is 3.20. The van der Waals surface area contributed by atoms with E-state index >= 15 is 0 Å². The summed E-state index contributed by atoms with van der Waals surface area (Å²) in [5, 5.41) is 2.44. The topological polar surface area (TPSA) is 134 Å². The minimum atomic E-state index is -0.782. The van der Waals surface area contributed by atoms with Gasteiger partial charge in [-0.25, -0.2) is 9.78 Å². The molecule has 0 fully saturated rings. The highest BCUT2D eigenvalue weighted by Crippen LogP contribution is 2.06. The molecule has 2 rings (SSSR count). The van der Waals surface area contributed by atoms with Crippen LogP contribution in [0, 0.1) is 11.8 Å². The number of H-pyrrole nitrogens is 2. The molecule has 0 aliphatic carbocycles. The Bertz CT molecular complexity index is 841. The molecule has 0 aliphatic heterocycles. The Balaban J connectivity index is 2.23. The zero-order valence-electron chi connectivity index (χ0n) is 10.8. The van der Waals surface area contributed by atoms with E-state index in [-0.39, 0.29) is 17.9 Å². The second-order valence-electron chi connectivity index (χ2n) is 3.88. The third-order valence-electron chi connectivity index (χ3n) is 2.40. The number of amides is 1. The highest BCUT2D eigenvalue weighted by atomic mass is 16.2. The van der Waals surface area contributed by atoms with Crippen molar-refractivity contribution in [3.8, 4) is 11.8 Å². The van der Waals surface area contributed by atoms with E-state index in [1.54, 1.807) is 12.1 Å². The predicted octanol–water partition coefficient (Wildman–Crippen LogP) is -0.979. The number of pyridine rings is 1. The zero-order valence-corrected chi connectivity index (χ0v) is 10.8. The van der Waals surface area contributed by atoms with Crippen LogP contribution in [0.3, 0.4) is 0 Å². The monoisotopic (exact) mass is 285 g/mol. The Morgan fingerprint density at radius 2 is 2.24 bits per heavy atom. The molecule has 2 aromatic rings. The lowest BCUT2D eigenvalue weighted by Gasteiger charge is -2.03. The molecule has 0 aromatic carbocycles. The normalized spacial score (nSPS) is 9.57. The number of nitrogens with two attached hydrogens (primary N) is 1. The number of rotatable bonds is 2. The Morgan fingerprint density at radius 3 is 2.95 bits per heavy atom. The third kappa shape index (κ3) is 3.65. The van der Waals surface area contributed by atoms with Crippen LogP contribution in [0.1, 0.15) is 15.9 Å². The number of carbonyl (C=O) groups excluding carboxylic acids is 1. The molecule has 106 valence electrons. The van der Waals surface area contributed by atoms with Gasteiger partial charge >= 0.3 is 5.69 Å². The maximum atomic E-state index is 11.9. The number of nitrogens with zero attached hydrogens (tertiary/aromatic N) is 1. The molecular formula is C13H11N5O3. The van der Waals surface area contributed by atoms with Crippen LogP contribution in [0.15, 0.2) is 34.1 Å². The Labute approximate surface area is 118 Å². The number of anilines is 1. The minimum absolute atomic E-state index is 0.219. The molecule has 0 radical (unpaired) electrons. The minimum Gasteiger partial charge on any atom is -0.320 e. The summed E-state index contributed by atoms with van der Waals surface area (Å²) >= 11 is 0. The van der Waals surface area contributed by atoms with Gasteiger partial charge in [-0.2, -0.15) is 0 Å². The predicted molar refractivity (Wildman–Crippen MR) is 75.8 cm³/mol. The van der Waals surface area contributed by atoms with Crippen molar-refractivity contribution < 1.29 is 4.79 Å². The summed E-state index contributed by atoms with van der Waals surface area (Å²) in [6.45, 7) is 0.219. The van der Waals surface area contributed by atoms with E-state index in [2.05, 4.69) is 27.1 Å². The summed E-state index contributed by atoms with van der Waals surface area (Å²) in [7, 11) is 0. The molecule has 0 spiro atoms. The van der Waals surface area contributed by atoms with Crippen molar-refractivity contribution >= 4 is 11.7 Å². The van der Waals surface area contributed by atoms with Crippen molar-refractivity contribution in [2.45, 2.75) is 0 Å². The molecule has 0 saturated heterocycles. The third-order valence-corrected chi connectivity index (χ3v) is 2.40. The molecule has 2 aromatic heterocycles. The van der Waals surface area contributed by atoms with Crippen LogP contribution in [0.25, 0.3) is 0 Å². The van der Waals surface area contributed by atoms with Crippen LogP contribution < -0.4 is 22.3 Å². The van der Waals surface area contributed by atoms with Crippen LogP contribution in [0.5, 0.6) is 0 Å². The Kier molecular flexibility index (Phi) is 4.28. The molecule has 0 unspecified atom stereocenters. The lowest BCUT2D eigenvalue weighted by molar-refractivity contribution is 0.102. The molecule has 8 nitrogen and oxygen atoms in total. The van der Waals surface area contributed by atoms with E-state index in [0.717, 1.165) is 6.20 Å². The molecule has 1 amide bonds. The number of aromatic amines is 2. The van der Waals surface area contributed by atoms with E-state index in [1.165, 1.54) is 6.20 Å². The SMILES string of the molecule is NCC#Cc1ccnc(NC(=O)c2c[nH]c(=O)[nH]c2=O)c1. The fraction of sp³-hybridized carbons (Fsp3) is 0.0769. The van der Waals surface area contributed by atoms with Crippen molar-refractivity contribution in [3.05, 3.63) is 56.5 Å². The summed E-state index contributed by atoms with van der Waals surface area (Å²) in [4.78, 5) is 42.4. The van der Waals surface area contributed by atoms with Gasteiger partial charge in [-0.05, 0) is 12.1 Å². The first kappa shape index (κ1) is 14.2. The first-order valence-electron chi connectivity index (χ1n) is 5.88. The number of nitrogens with one attached hydrogen (secondary N) is 3. The largest absolute Gasteiger partial charge is 0.325 e. The Hall–Kier alpha value is -3.18. The second kappa shape index (κ2) is 6.31. The van der Waals surface area contributed by atoms with Gasteiger partial charge in [-0.15, -0.1) is 0 Å². The standard InChI is InChI=1S/C13H11N5O3/c14-4-1-2-8-3-5-15-10(6-8)17-11(19)9-7-16-13(21)18-12(9)20/h3,5-7H,4,14H2,(H,15,17,19)(H2,16,18,20,21). The molecule has 0 atom stereocenters. The van der Waals surface area contributed by atoms with E-state index in [4.69, 9.17) is 5.73 Å². The van der Waals surface area contributed by atoms with Crippen molar-refractivity contribution in [1.29, 1.82) is 0 Å². The van der Waals surface area contributed by atoms with Gasteiger partial charge in [0.25, 0.3) is 11.5 Å². The van der Waals surface area contributed by atoms with Crippen LogP contribution in [0.2, 0.25) is 0 Å². The van der Waals surface area contributed by atoms with Gasteiger partial charge < -0.3 is 16.0 Å². The maximum Gasteiger partial charge on any atom is 0.325 e. The highest BCUT2D eigenvalue weighted by Gasteiger charge is 2.11. The van der Waals surface area contributed by atoms with Crippen molar-refractivity contribution in [3.63, 3.8) is 0 Å². The highest BCUT2D eigenvalue weighted by molar-refractivity contribution is 6.03. The first-order valence-corrected chi connectivity index (χ1v) is 5.88. The summed E-state index contributed by atoms with van der Waals surface area (Å²) in [6.07, 6.45) is 2.50. The summed E-state index contributed by atoms with van der Waals surface area (Å²) < 4.78 is 0. The molecular weight excluding hydrogens is 274 g/mol. The van der Waals surface area contributed by atoms with Gasteiger partial charge in [0.05, 0.1) is 6.54 Å².